The van der Waals surface area contributed by atoms with Crippen molar-refractivity contribution in [2.24, 2.45) is 58.2 Å². The Balaban J connectivity index is 1.02. The first kappa shape index (κ1) is 50.4. The zero-order valence-electron chi connectivity index (χ0n) is 46.6. The van der Waals surface area contributed by atoms with Crippen molar-refractivity contribution >= 4 is 5.78 Å². The number of aromatic hydroxyl groups is 3. The van der Waals surface area contributed by atoms with Gasteiger partial charge in [-0.2, -0.15) is 0 Å². The third-order valence-electron chi connectivity index (χ3n) is 25.3. The normalized spacial score (nSPS) is 42.2. The van der Waals surface area contributed by atoms with Gasteiger partial charge in [-0.25, -0.2) is 0 Å². The number of phenols is 3. The number of fused-ring (bicyclic) bond motifs is 5. The minimum absolute atomic E-state index is 0.0116. The minimum Gasteiger partial charge on any atom is -0.504 e. The van der Waals surface area contributed by atoms with Gasteiger partial charge in [-0.05, 0) is 198 Å². The fourth-order valence-electron chi connectivity index (χ4n) is 22.5. The molecular weight excluding hydrogens is 1020 g/mol. The average molecular weight is 1100 g/mol. The van der Waals surface area contributed by atoms with Crippen LogP contribution in [0.2, 0.25) is 0 Å². The Morgan fingerprint density at radius 2 is 1.68 bits per heavy atom. The van der Waals surface area contributed by atoms with Gasteiger partial charge in [-0.1, -0.05) is 90.4 Å². The second kappa shape index (κ2) is 17.3. The van der Waals surface area contributed by atoms with E-state index in [0.717, 1.165) is 83.0 Å². The molecule has 17 aliphatic rings. The van der Waals surface area contributed by atoms with Crippen molar-refractivity contribution in [2.75, 3.05) is 7.11 Å². The Morgan fingerprint density at radius 3 is 2.52 bits per heavy atom. The number of allylic oxidation sites excluding steroid dienone is 5. The summed E-state index contributed by atoms with van der Waals surface area (Å²) in [7, 11) is 1.51. The predicted molar refractivity (Wildman–Crippen MR) is 308 cm³/mol. The molecule has 1 saturated heterocycles. The van der Waals surface area contributed by atoms with Gasteiger partial charge in [0.15, 0.2) is 23.0 Å². The summed E-state index contributed by atoms with van der Waals surface area (Å²) in [5.41, 5.74) is 8.21. The summed E-state index contributed by atoms with van der Waals surface area (Å²) in [5, 5.41) is 91.8. The number of piperidine rings is 1. The lowest BCUT2D eigenvalue weighted by Gasteiger charge is -2.82. The van der Waals surface area contributed by atoms with Crippen LogP contribution in [-0.2, 0) is 42.5 Å². The van der Waals surface area contributed by atoms with E-state index < -0.39 is 76.9 Å². The fraction of sp³-hybridized carbons (Fsp3) is 0.514. The molecule has 82 heavy (non-hydrogen) atoms. The molecule has 4 aromatic rings. The number of ether oxygens (including phenoxy) is 1. The van der Waals surface area contributed by atoms with Crippen LogP contribution in [-0.4, -0.2) is 78.0 Å². The van der Waals surface area contributed by atoms with Crippen molar-refractivity contribution in [3.63, 3.8) is 0 Å². The van der Waals surface area contributed by atoms with Gasteiger partial charge in [0.2, 0.25) is 0 Å². The number of benzene rings is 4. The van der Waals surface area contributed by atoms with E-state index in [0.29, 0.717) is 68.4 Å². The number of aliphatic hydroxyl groups excluding tert-OH is 3. The maximum absolute atomic E-state index is 17.2. The molecule has 10 heteroatoms. The van der Waals surface area contributed by atoms with Gasteiger partial charge in [0.25, 0.3) is 0 Å². The Morgan fingerprint density at radius 1 is 0.841 bits per heavy atom. The number of Topliss-reactive ketones (excluding diaryl/α,β-unsaturated/α-hetero) is 1. The molecule has 21 rings (SSSR count). The zero-order valence-corrected chi connectivity index (χ0v) is 46.6. The van der Waals surface area contributed by atoms with Crippen molar-refractivity contribution in [1.29, 1.82) is 0 Å². The number of nitrogens with one attached hydrogen (secondary N) is 1. The third kappa shape index (κ3) is 6.34. The topological polar surface area (TPSA) is 180 Å². The van der Waals surface area contributed by atoms with Crippen LogP contribution in [0.25, 0.3) is 0 Å². The van der Waals surface area contributed by atoms with Crippen LogP contribution in [0.3, 0.4) is 0 Å². The largest absolute Gasteiger partial charge is 0.504 e. The van der Waals surface area contributed by atoms with Crippen molar-refractivity contribution in [1.82, 2.24) is 5.32 Å². The first-order valence-corrected chi connectivity index (χ1v) is 31.0. The number of ketones is 1. The highest BCUT2D eigenvalue weighted by atomic mass is 16.5. The zero-order chi connectivity index (χ0) is 55.6. The van der Waals surface area contributed by atoms with E-state index >= 15 is 9.90 Å². The summed E-state index contributed by atoms with van der Waals surface area (Å²) in [6, 6.07) is 21.5. The van der Waals surface area contributed by atoms with Crippen molar-refractivity contribution in [2.45, 2.75) is 162 Å². The molecule has 1 heterocycles. The molecule has 0 aromatic heterocycles. The number of carbonyl (C=O) groups is 1. The number of aryl methyl sites for hydroxylation is 1. The van der Waals surface area contributed by atoms with Crippen LogP contribution < -0.4 is 10.1 Å². The van der Waals surface area contributed by atoms with Gasteiger partial charge in [0.1, 0.15) is 5.78 Å². The van der Waals surface area contributed by atoms with E-state index in [-0.39, 0.29) is 76.1 Å². The van der Waals surface area contributed by atoms with E-state index in [4.69, 9.17) is 4.74 Å². The summed E-state index contributed by atoms with van der Waals surface area (Å²) < 4.78 is 5.80. The van der Waals surface area contributed by atoms with Crippen LogP contribution in [0.4, 0.5) is 0 Å². The molecule has 8 N–H and O–H groups in total. The van der Waals surface area contributed by atoms with Crippen molar-refractivity contribution in [3.8, 4) is 46.7 Å². The molecule has 17 bridgehead atoms. The molecule has 4 spiro atoms. The molecule has 1 aliphatic heterocycles. The second-order valence-corrected chi connectivity index (χ2v) is 28.2. The lowest BCUT2D eigenvalue weighted by molar-refractivity contribution is -0.261. The minimum atomic E-state index is -1.70. The molecule has 420 valence electrons. The number of carbonyl (C=O) groups excluding carboxylic acids is 1. The lowest BCUT2D eigenvalue weighted by Crippen LogP contribution is -2.87. The number of rotatable bonds is 5. The van der Waals surface area contributed by atoms with Crippen molar-refractivity contribution < 1.29 is 45.3 Å². The monoisotopic (exact) mass is 1100 g/mol. The molecule has 19 atom stereocenters. The Labute approximate surface area is 479 Å². The third-order valence-corrected chi connectivity index (χ3v) is 25.3. The molecule has 5 fully saturated rings. The van der Waals surface area contributed by atoms with Crippen molar-refractivity contribution in [3.05, 3.63) is 152 Å². The first-order chi connectivity index (χ1) is 39.7. The van der Waals surface area contributed by atoms with E-state index in [1.807, 2.05) is 30.3 Å². The summed E-state index contributed by atoms with van der Waals surface area (Å²) >= 11 is 0. The Kier molecular flexibility index (Phi) is 10.6. The maximum Gasteiger partial charge on any atom is 0.160 e. The summed E-state index contributed by atoms with van der Waals surface area (Å²) in [4.78, 5) is 17.2. The Bertz CT molecular complexity index is 3720. The van der Waals surface area contributed by atoms with Crippen LogP contribution >= 0.6 is 0 Å². The molecule has 0 amide bonds. The number of phenolic OH excluding ortho intramolecular Hbond substituents is 3. The average Bonchev–Trinajstić information content (AvgIpc) is 0.759. The fourth-order valence-corrected chi connectivity index (χ4v) is 22.5. The molecule has 16 aliphatic carbocycles. The van der Waals surface area contributed by atoms with Crippen LogP contribution in [0.5, 0.6) is 23.0 Å². The number of hydrogen-bond acceptors (Lipinski definition) is 10. The van der Waals surface area contributed by atoms with Gasteiger partial charge < -0.3 is 45.8 Å². The van der Waals surface area contributed by atoms with Gasteiger partial charge in [0, 0.05) is 64.8 Å². The highest BCUT2D eigenvalue weighted by Crippen LogP contribution is 2.85. The van der Waals surface area contributed by atoms with Gasteiger partial charge in [-0.15, -0.1) is 5.92 Å². The summed E-state index contributed by atoms with van der Waals surface area (Å²) in [6.07, 6.45) is 16.3. The lowest BCUT2D eigenvalue weighted by atomic mass is 9.23. The SMILES string of the molecule is COc1cc([C@@H]2CC(=O)[C@H]3Cc4cc5cc6c4[C@H](C#CC[C@@H]4N[C@]78CC[C@@]3(O)[C@H]([C@@H]4C#C[C@H]2Cc2ccccc2)[C@]72c3cc(O)c(O)cc3[C@H]3C[C@@H]2[C@@]24C[C@@]37CCC[C@@H]7C=C2[C@H]2C[C@H](O)C(=CC2=C[C@H]4C8)C5)[C@H](O)CC6)c(CO)cc1O. The van der Waals surface area contributed by atoms with E-state index in [9.17, 15) is 30.6 Å². The maximum atomic E-state index is 17.2. The molecule has 4 aromatic carbocycles. The highest BCUT2D eigenvalue weighted by Gasteiger charge is 2.84. The molecular formula is C72H73NO9. The van der Waals surface area contributed by atoms with Gasteiger partial charge in [0.05, 0.1) is 43.4 Å². The number of aliphatic hydroxyl groups is 4. The molecule has 4 saturated carbocycles. The smallest absolute Gasteiger partial charge is 0.160 e. The summed E-state index contributed by atoms with van der Waals surface area (Å²) in [6.45, 7) is -0.396. The number of methoxy groups -OCH3 is 1. The molecule has 0 radical (unpaired) electrons. The van der Waals surface area contributed by atoms with E-state index in [2.05, 4.69) is 71.5 Å². The number of hydrogen-bond donors (Lipinski definition) is 8. The standard InChI is InChI=1S/C72H73NO9/c1-82-64-31-50(44(35-74)26-63(64)80)49-28-60(77)56-25-43-22-38-20-40-13-15-58(75)48(66(40)43)10-5-11-57-47(14-12-39(49)19-37-7-3-2-4-8-37)67-71(56,81)18-17-69(73-57)34-46-24-41-23-42(21-38)59(76)29-51(41)54-27-45-9-6-16-68(45)36-70(46,54)65-33-53(68)52-30-61(78)62(79)32-55(52)72(65,67)69/h2-4,7-8,20,22-24,26-27,30-32,39,45-49,51,53,56-59,65,67,73-76,78-81H,6,9,11,13,15-19,21,25,28-29,33-36H2,1H3/t39-,45+,46-,47+,48+,49+,51-,53+,56+,57-,58+,59-,65+,67-,68+,69-,70+,71-,72+/m0/s1. The van der Waals surface area contributed by atoms with E-state index in [1.165, 1.54) is 18.3 Å². The quantitative estimate of drug-likeness (QED) is 0.0546. The highest BCUT2D eigenvalue weighted by molar-refractivity contribution is 5.84. The van der Waals surface area contributed by atoms with Gasteiger partial charge in [-0.3, -0.25) is 4.79 Å². The van der Waals surface area contributed by atoms with Gasteiger partial charge >= 0.3 is 0 Å². The summed E-state index contributed by atoms with van der Waals surface area (Å²) in [5.74, 6) is 11.8. The van der Waals surface area contributed by atoms with E-state index in [1.54, 1.807) is 12.1 Å². The van der Waals surface area contributed by atoms with Crippen LogP contribution in [0.15, 0.2) is 102 Å². The molecule has 0 unspecified atom stereocenters. The Hall–Kier alpha value is -6.11. The first-order valence-electron chi connectivity index (χ1n) is 31.0. The molecule has 10 nitrogen and oxygen atoms in total. The van der Waals surface area contributed by atoms with Crippen LogP contribution in [0, 0.1) is 81.9 Å². The van der Waals surface area contributed by atoms with Crippen LogP contribution in [0.1, 0.15) is 145 Å². The predicted octanol–water partition coefficient (Wildman–Crippen LogP) is 9.33. The second-order valence-electron chi connectivity index (χ2n) is 28.2.